The van der Waals surface area contributed by atoms with E-state index in [1.807, 2.05) is 6.92 Å². The van der Waals surface area contributed by atoms with Crippen LogP contribution in [0.15, 0.2) is 4.21 Å². The highest BCUT2D eigenvalue weighted by molar-refractivity contribution is 7.91. The number of ether oxygens (including phenoxy) is 2. The van der Waals surface area contributed by atoms with Gasteiger partial charge in [-0.2, -0.15) is 0 Å². The number of nitrogens with one attached hydrogen (secondary N) is 1. The molecule has 0 amide bonds. The second-order valence-corrected chi connectivity index (χ2v) is 9.63. The van der Waals surface area contributed by atoms with E-state index in [2.05, 4.69) is 11.6 Å². The first kappa shape index (κ1) is 20.9. The minimum absolute atomic E-state index is 0.0818. The number of esters is 2. The molecule has 26 heavy (non-hydrogen) atoms. The van der Waals surface area contributed by atoms with E-state index in [0.29, 0.717) is 5.92 Å². The lowest BCUT2D eigenvalue weighted by Gasteiger charge is -2.34. The zero-order valence-electron chi connectivity index (χ0n) is 15.6. The molecule has 1 fully saturated rings. The van der Waals surface area contributed by atoms with Crippen LogP contribution < -0.4 is 4.72 Å². The number of rotatable bonds is 5. The maximum Gasteiger partial charge on any atom is 0.348 e. The molecule has 146 valence electrons. The van der Waals surface area contributed by atoms with Crippen molar-refractivity contribution in [2.45, 2.75) is 50.3 Å². The highest BCUT2D eigenvalue weighted by Gasteiger charge is 2.36. The number of carbonyl (C=O) groups excluding carboxylic acids is 2. The van der Waals surface area contributed by atoms with E-state index in [1.54, 1.807) is 0 Å². The molecule has 1 aliphatic carbocycles. The third-order valence-corrected chi connectivity index (χ3v) is 8.41. The number of thiophene rings is 1. The molecule has 3 atom stereocenters. The first-order chi connectivity index (χ1) is 12.1. The highest BCUT2D eigenvalue weighted by atomic mass is 32.2. The molecular weight excluding hydrogens is 378 g/mol. The molecule has 2 rings (SSSR count). The third kappa shape index (κ3) is 3.94. The number of sulfonamides is 1. The molecule has 0 unspecified atom stereocenters. The lowest BCUT2D eigenvalue weighted by Crippen LogP contribution is -2.43. The van der Waals surface area contributed by atoms with Crippen LogP contribution >= 0.6 is 11.3 Å². The molecule has 7 nitrogen and oxygen atoms in total. The first-order valence-corrected chi connectivity index (χ1v) is 10.8. The van der Waals surface area contributed by atoms with E-state index in [-0.39, 0.29) is 32.2 Å². The SMILES string of the molecule is COC(=O)c1sc(S(=O)(=O)N[C@@H]2CCC[C@H](C)[C@@H]2C)c(C(=O)OC)c1C. The monoisotopic (exact) mass is 403 g/mol. The molecule has 1 N–H and O–H groups in total. The summed E-state index contributed by atoms with van der Waals surface area (Å²) >= 11 is 0.734. The lowest BCUT2D eigenvalue weighted by molar-refractivity contribution is 0.0596. The predicted octanol–water partition coefficient (Wildman–Crippen LogP) is 2.73. The molecular formula is C17H25NO6S2. The van der Waals surface area contributed by atoms with Crippen molar-refractivity contribution in [3.63, 3.8) is 0 Å². The fraction of sp³-hybridized carbons (Fsp3) is 0.647. The molecule has 1 aromatic rings. The summed E-state index contributed by atoms with van der Waals surface area (Å²) in [5.74, 6) is -0.883. The Balaban J connectivity index is 2.47. The molecule has 0 radical (unpaired) electrons. The first-order valence-electron chi connectivity index (χ1n) is 8.46. The summed E-state index contributed by atoms with van der Waals surface area (Å²) in [6, 6.07) is -0.210. The summed E-state index contributed by atoms with van der Waals surface area (Å²) in [7, 11) is -1.61. The van der Waals surface area contributed by atoms with Crippen LogP contribution in [-0.2, 0) is 19.5 Å². The van der Waals surface area contributed by atoms with Crippen LogP contribution in [0.25, 0.3) is 0 Å². The standard InChI is InChI=1S/C17H25NO6S2/c1-9-7-6-8-12(10(9)2)18-26(21,22)17-13(15(19)23-4)11(3)14(25-17)16(20)24-5/h9-10,12,18H,6-8H2,1-5H3/t9-,10-,12+/m0/s1. The molecule has 1 aliphatic rings. The molecule has 9 heteroatoms. The summed E-state index contributed by atoms with van der Waals surface area (Å²) in [6.07, 6.45) is 2.75. The Morgan fingerprint density at radius 1 is 1.12 bits per heavy atom. The summed E-state index contributed by atoms with van der Waals surface area (Å²) in [5, 5.41) is 0. The molecule has 0 saturated heterocycles. The van der Waals surface area contributed by atoms with Crippen LogP contribution in [0.2, 0.25) is 0 Å². The third-order valence-electron chi connectivity index (χ3n) is 5.13. The Labute approximate surface area is 158 Å². The van der Waals surface area contributed by atoms with Gasteiger partial charge < -0.3 is 9.47 Å². The van der Waals surface area contributed by atoms with Crippen molar-refractivity contribution < 1.29 is 27.5 Å². The average molecular weight is 404 g/mol. The fourth-order valence-electron chi connectivity index (χ4n) is 3.30. The van der Waals surface area contributed by atoms with Gasteiger partial charge >= 0.3 is 11.9 Å². The molecule has 0 bridgehead atoms. The lowest BCUT2D eigenvalue weighted by atomic mass is 9.78. The second-order valence-electron chi connectivity index (χ2n) is 6.70. The van der Waals surface area contributed by atoms with Crippen LogP contribution in [-0.4, -0.2) is 40.6 Å². The number of carbonyl (C=O) groups is 2. The van der Waals surface area contributed by atoms with E-state index in [4.69, 9.17) is 9.47 Å². The smallest absolute Gasteiger partial charge is 0.348 e. The van der Waals surface area contributed by atoms with Gasteiger partial charge in [0.05, 0.1) is 19.8 Å². The zero-order chi connectivity index (χ0) is 19.6. The summed E-state index contributed by atoms with van der Waals surface area (Å²) < 4.78 is 38.0. The Bertz CT molecular complexity index is 798. The highest BCUT2D eigenvalue weighted by Crippen LogP contribution is 2.35. The topological polar surface area (TPSA) is 98.8 Å². The Kier molecular flexibility index (Phi) is 6.46. The minimum atomic E-state index is -3.99. The van der Waals surface area contributed by atoms with E-state index < -0.39 is 22.0 Å². The van der Waals surface area contributed by atoms with Crippen molar-refractivity contribution in [2.24, 2.45) is 11.8 Å². The van der Waals surface area contributed by atoms with Crippen LogP contribution in [0.5, 0.6) is 0 Å². The van der Waals surface area contributed by atoms with Crippen molar-refractivity contribution in [3.8, 4) is 0 Å². The van der Waals surface area contributed by atoms with E-state index in [9.17, 15) is 18.0 Å². The van der Waals surface area contributed by atoms with Gasteiger partial charge in [-0.05, 0) is 30.7 Å². The van der Waals surface area contributed by atoms with Gasteiger partial charge in [0.25, 0.3) is 10.0 Å². The van der Waals surface area contributed by atoms with Crippen LogP contribution in [0.3, 0.4) is 0 Å². The predicted molar refractivity (Wildman–Crippen MR) is 98.0 cm³/mol. The van der Waals surface area contributed by atoms with Gasteiger partial charge in [-0.25, -0.2) is 22.7 Å². The number of hydrogen-bond donors (Lipinski definition) is 1. The van der Waals surface area contributed by atoms with Crippen molar-refractivity contribution in [1.29, 1.82) is 0 Å². The molecule has 1 heterocycles. The molecule has 1 aromatic heterocycles. The van der Waals surface area contributed by atoms with Crippen LogP contribution in [0.4, 0.5) is 0 Å². The quantitative estimate of drug-likeness (QED) is 0.759. The van der Waals surface area contributed by atoms with Crippen molar-refractivity contribution in [2.75, 3.05) is 14.2 Å². The van der Waals surface area contributed by atoms with Crippen molar-refractivity contribution in [3.05, 3.63) is 16.0 Å². The summed E-state index contributed by atoms with van der Waals surface area (Å²) in [6.45, 7) is 5.65. The molecule has 0 aromatic carbocycles. The molecule has 0 aliphatic heterocycles. The van der Waals surface area contributed by atoms with Gasteiger partial charge in [-0.3, -0.25) is 0 Å². The molecule has 1 saturated carbocycles. The molecule has 0 spiro atoms. The van der Waals surface area contributed by atoms with E-state index in [1.165, 1.54) is 21.1 Å². The van der Waals surface area contributed by atoms with Gasteiger partial charge in [0.2, 0.25) is 0 Å². The van der Waals surface area contributed by atoms with Gasteiger partial charge in [0.1, 0.15) is 4.88 Å². The normalized spacial score (nSPS) is 23.5. The van der Waals surface area contributed by atoms with E-state index >= 15 is 0 Å². The largest absolute Gasteiger partial charge is 0.465 e. The van der Waals surface area contributed by atoms with Crippen LogP contribution in [0, 0.1) is 18.8 Å². The Morgan fingerprint density at radius 2 is 1.73 bits per heavy atom. The summed E-state index contributed by atoms with van der Waals surface area (Å²) in [4.78, 5) is 24.2. The number of hydrogen-bond acceptors (Lipinski definition) is 7. The fourth-order valence-corrected chi connectivity index (χ4v) is 6.43. The van der Waals surface area contributed by atoms with Crippen molar-refractivity contribution >= 4 is 33.3 Å². The maximum atomic E-state index is 13.0. The maximum absolute atomic E-state index is 13.0. The van der Waals surface area contributed by atoms with Gasteiger partial charge in [0, 0.05) is 6.04 Å². The van der Waals surface area contributed by atoms with Gasteiger partial charge in [-0.1, -0.05) is 26.7 Å². The van der Waals surface area contributed by atoms with Crippen LogP contribution in [0.1, 0.15) is 58.7 Å². The Hall–Kier alpha value is -1.45. The number of methoxy groups -OCH3 is 2. The zero-order valence-corrected chi connectivity index (χ0v) is 17.3. The van der Waals surface area contributed by atoms with Gasteiger partial charge in [-0.15, -0.1) is 11.3 Å². The van der Waals surface area contributed by atoms with E-state index in [0.717, 1.165) is 30.6 Å². The summed E-state index contributed by atoms with van der Waals surface area (Å²) in [5.41, 5.74) is 0.140. The average Bonchev–Trinajstić information content (AvgIpc) is 2.95. The second kappa shape index (κ2) is 8.06. The minimum Gasteiger partial charge on any atom is -0.465 e. The van der Waals surface area contributed by atoms with Gasteiger partial charge in [0.15, 0.2) is 4.21 Å². The Morgan fingerprint density at radius 3 is 2.31 bits per heavy atom. The van der Waals surface area contributed by atoms with Crippen molar-refractivity contribution in [1.82, 2.24) is 4.72 Å².